The smallest absolute Gasteiger partial charge is 0.335 e. The van der Waals surface area contributed by atoms with Crippen LogP contribution in [0.15, 0.2) is 48.8 Å². The van der Waals surface area contributed by atoms with Crippen LogP contribution >= 0.6 is 23.2 Å². The molecular weight excluding hydrogens is 415 g/mol. The zero-order valence-corrected chi connectivity index (χ0v) is 16.5. The number of imidazole rings is 1. The average molecular weight is 431 g/mol. The lowest BCUT2D eigenvalue weighted by atomic mass is 9.96. The van der Waals surface area contributed by atoms with E-state index >= 15 is 0 Å². The summed E-state index contributed by atoms with van der Waals surface area (Å²) in [5.74, 6) is -1.03. The van der Waals surface area contributed by atoms with Crippen molar-refractivity contribution in [2.75, 3.05) is 11.9 Å². The normalized spacial score (nSPS) is 15.7. The maximum atomic E-state index is 13.1. The molecule has 2 aromatic carbocycles. The Morgan fingerprint density at radius 2 is 1.93 bits per heavy atom. The second-order valence-electron chi connectivity index (χ2n) is 6.57. The number of amides is 2. The number of halogens is 2. The van der Waals surface area contributed by atoms with Gasteiger partial charge < -0.3 is 20.3 Å². The van der Waals surface area contributed by atoms with E-state index in [1.807, 2.05) is 6.07 Å². The van der Waals surface area contributed by atoms with Gasteiger partial charge in [-0.15, -0.1) is 0 Å². The Bertz CT molecular complexity index is 1080. The molecule has 2 heterocycles. The van der Waals surface area contributed by atoms with Gasteiger partial charge >= 0.3 is 12.0 Å². The lowest BCUT2D eigenvalue weighted by molar-refractivity contribution is 0.0697. The van der Waals surface area contributed by atoms with Gasteiger partial charge in [0, 0.05) is 29.9 Å². The molecule has 9 heteroatoms. The number of aromatic nitrogens is 2. The van der Waals surface area contributed by atoms with Crippen LogP contribution in [0.5, 0.6) is 0 Å². The molecule has 29 heavy (non-hydrogen) atoms. The van der Waals surface area contributed by atoms with Crippen LogP contribution in [0.4, 0.5) is 10.5 Å². The third-order valence-corrected chi connectivity index (χ3v) is 5.68. The van der Waals surface area contributed by atoms with Gasteiger partial charge in [-0.2, -0.15) is 0 Å². The molecule has 3 N–H and O–H groups in total. The summed E-state index contributed by atoms with van der Waals surface area (Å²) in [6.45, 7) is 0.446. The Labute approximate surface area is 176 Å². The molecule has 1 unspecified atom stereocenters. The number of carbonyl (C=O) groups excluding carboxylic acids is 1. The van der Waals surface area contributed by atoms with Crippen molar-refractivity contribution >= 4 is 40.9 Å². The van der Waals surface area contributed by atoms with E-state index in [2.05, 4.69) is 15.3 Å². The number of hydrogen-bond acceptors (Lipinski definition) is 3. The molecule has 0 saturated heterocycles. The number of carboxylic acids is 1. The summed E-state index contributed by atoms with van der Waals surface area (Å²) in [6.07, 6.45) is 2.22. The summed E-state index contributed by atoms with van der Waals surface area (Å²) < 4.78 is 0. The molecule has 0 saturated carbocycles. The van der Waals surface area contributed by atoms with Crippen molar-refractivity contribution in [3.63, 3.8) is 0 Å². The molecule has 3 aromatic rings. The molecule has 1 aliphatic rings. The standard InChI is InChI=1S/C20H16Cl2N4O3/c21-14-3-1-2-13(16(14)22)18-17-15(23-10-24-17)8-9-26(18)20(29)25-12-6-4-11(5-7-12)19(27)28/h1-7,10,18H,8-9H2,(H,23,24)(H,25,29)(H,27,28). The molecule has 0 spiro atoms. The van der Waals surface area contributed by atoms with E-state index in [0.29, 0.717) is 34.3 Å². The molecule has 0 bridgehead atoms. The highest BCUT2D eigenvalue weighted by Crippen LogP contribution is 2.39. The minimum atomic E-state index is -1.03. The second-order valence-corrected chi connectivity index (χ2v) is 7.35. The first-order valence-electron chi connectivity index (χ1n) is 8.82. The number of hydrogen-bond donors (Lipinski definition) is 3. The number of nitrogens with one attached hydrogen (secondary N) is 2. The van der Waals surface area contributed by atoms with Gasteiger partial charge in [0.1, 0.15) is 6.04 Å². The summed E-state index contributed by atoms with van der Waals surface area (Å²) in [5, 5.41) is 12.6. The molecule has 0 fully saturated rings. The number of carboxylic acid groups (broad SMARTS) is 1. The number of rotatable bonds is 3. The Balaban J connectivity index is 1.67. The number of anilines is 1. The number of fused-ring (bicyclic) bond motifs is 1. The van der Waals surface area contributed by atoms with Crippen LogP contribution in [0.3, 0.4) is 0 Å². The van der Waals surface area contributed by atoms with Gasteiger partial charge in [-0.05, 0) is 30.3 Å². The Morgan fingerprint density at radius 3 is 2.66 bits per heavy atom. The number of nitrogens with zero attached hydrogens (tertiary/aromatic N) is 2. The quantitative estimate of drug-likeness (QED) is 0.565. The van der Waals surface area contributed by atoms with Gasteiger partial charge in [-0.25, -0.2) is 14.6 Å². The van der Waals surface area contributed by atoms with E-state index in [1.165, 1.54) is 12.1 Å². The predicted molar refractivity (Wildman–Crippen MR) is 110 cm³/mol. The van der Waals surface area contributed by atoms with Crippen molar-refractivity contribution in [2.24, 2.45) is 0 Å². The third-order valence-electron chi connectivity index (χ3n) is 4.85. The third kappa shape index (κ3) is 3.66. The van der Waals surface area contributed by atoms with Crippen LogP contribution in [-0.2, 0) is 6.42 Å². The van der Waals surface area contributed by atoms with E-state index in [4.69, 9.17) is 28.3 Å². The van der Waals surface area contributed by atoms with Crippen LogP contribution in [0.1, 0.15) is 33.4 Å². The highest BCUT2D eigenvalue weighted by Gasteiger charge is 2.35. The zero-order valence-electron chi connectivity index (χ0n) is 15.0. The first kappa shape index (κ1) is 19.3. The molecule has 7 nitrogen and oxygen atoms in total. The number of aromatic carboxylic acids is 1. The minimum absolute atomic E-state index is 0.144. The van der Waals surface area contributed by atoms with Crippen molar-refractivity contribution in [1.82, 2.24) is 14.9 Å². The van der Waals surface area contributed by atoms with Crippen LogP contribution in [0, 0.1) is 0 Å². The first-order valence-corrected chi connectivity index (χ1v) is 9.58. The molecular formula is C20H16Cl2N4O3. The summed E-state index contributed by atoms with van der Waals surface area (Å²) in [4.78, 5) is 33.3. The lowest BCUT2D eigenvalue weighted by Crippen LogP contribution is -2.43. The van der Waals surface area contributed by atoms with E-state index in [9.17, 15) is 9.59 Å². The van der Waals surface area contributed by atoms with Gasteiger partial charge in [-0.3, -0.25) is 0 Å². The van der Waals surface area contributed by atoms with Crippen LogP contribution in [0.25, 0.3) is 0 Å². The van der Waals surface area contributed by atoms with Crippen LogP contribution in [0.2, 0.25) is 10.0 Å². The first-order chi connectivity index (χ1) is 14.0. The number of carbonyl (C=O) groups is 2. The molecule has 2 amide bonds. The van der Waals surface area contributed by atoms with Gasteiger partial charge in [0.05, 0.1) is 27.6 Å². The van der Waals surface area contributed by atoms with Crippen LogP contribution in [-0.4, -0.2) is 38.5 Å². The molecule has 1 atom stereocenters. The minimum Gasteiger partial charge on any atom is -0.478 e. The average Bonchev–Trinajstić information content (AvgIpc) is 3.19. The topological polar surface area (TPSA) is 98.3 Å². The number of urea groups is 1. The molecule has 148 valence electrons. The molecule has 1 aliphatic heterocycles. The number of benzene rings is 2. The van der Waals surface area contributed by atoms with Gasteiger partial charge in [0.2, 0.25) is 0 Å². The molecule has 4 rings (SSSR count). The fourth-order valence-electron chi connectivity index (χ4n) is 3.43. The maximum absolute atomic E-state index is 13.1. The highest BCUT2D eigenvalue weighted by molar-refractivity contribution is 6.42. The largest absolute Gasteiger partial charge is 0.478 e. The molecule has 0 radical (unpaired) electrons. The predicted octanol–water partition coefficient (Wildman–Crippen LogP) is 4.59. The monoisotopic (exact) mass is 430 g/mol. The summed E-state index contributed by atoms with van der Waals surface area (Å²) in [7, 11) is 0. The second kappa shape index (κ2) is 7.77. The highest BCUT2D eigenvalue weighted by atomic mass is 35.5. The van der Waals surface area contributed by atoms with Crippen LogP contribution < -0.4 is 5.32 Å². The lowest BCUT2D eigenvalue weighted by Gasteiger charge is -2.35. The molecule has 1 aromatic heterocycles. The Morgan fingerprint density at radius 1 is 1.17 bits per heavy atom. The Hall–Kier alpha value is -3.03. The van der Waals surface area contributed by atoms with Gasteiger partial charge in [0.15, 0.2) is 0 Å². The van der Waals surface area contributed by atoms with E-state index < -0.39 is 12.0 Å². The summed E-state index contributed by atoms with van der Waals surface area (Å²) >= 11 is 12.7. The number of aromatic amines is 1. The van der Waals surface area contributed by atoms with Crippen molar-refractivity contribution < 1.29 is 14.7 Å². The van der Waals surface area contributed by atoms with E-state index in [-0.39, 0.29) is 11.6 Å². The van der Waals surface area contributed by atoms with Crippen molar-refractivity contribution in [3.8, 4) is 0 Å². The SMILES string of the molecule is O=C(O)c1ccc(NC(=O)N2CCc3[nH]cnc3C2c2cccc(Cl)c2Cl)cc1. The summed E-state index contributed by atoms with van der Waals surface area (Å²) in [6, 6.07) is 10.4. The van der Waals surface area contributed by atoms with Crippen molar-refractivity contribution in [3.05, 3.63) is 81.4 Å². The maximum Gasteiger partial charge on any atom is 0.335 e. The molecule has 0 aliphatic carbocycles. The Kier molecular flexibility index (Phi) is 5.17. The van der Waals surface area contributed by atoms with Gasteiger partial charge in [0.25, 0.3) is 0 Å². The van der Waals surface area contributed by atoms with E-state index in [0.717, 1.165) is 11.4 Å². The summed E-state index contributed by atoms with van der Waals surface area (Å²) in [5.41, 5.74) is 2.98. The van der Waals surface area contributed by atoms with Crippen molar-refractivity contribution in [1.29, 1.82) is 0 Å². The fourth-order valence-corrected chi connectivity index (χ4v) is 3.84. The van der Waals surface area contributed by atoms with Gasteiger partial charge in [-0.1, -0.05) is 35.3 Å². The fraction of sp³-hybridized carbons (Fsp3) is 0.150. The zero-order chi connectivity index (χ0) is 20.5. The number of H-pyrrole nitrogens is 1. The van der Waals surface area contributed by atoms with Crippen molar-refractivity contribution in [2.45, 2.75) is 12.5 Å². The van der Waals surface area contributed by atoms with E-state index in [1.54, 1.807) is 35.5 Å².